The third-order valence-corrected chi connectivity index (χ3v) is 4.29. The molecule has 1 saturated carbocycles. The summed E-state index contributed by atoms with van der Waals surface area (Å²) in [6.07, 6.45) is 9.71. The normalized spacial score (nSPS) is 29.1. The highest BCUT2D eigenvalue weighted by Crippen LogP contribution is 2.45. The van der Waals surface area contributed by atoms with Crippen LogP contribution in [0.1, 0.15) is 58.8 Å². The van der Waals surface area contributed by atoms with Crippen LogP contribution in [-0.2, 0) is 4.74 Å². The molecule has 2 fully saturated rings. The molecule has 1 saturated heterocycles. The van der Waals surface area contributed by atoms with Gasteiger partial charge in [0.05, 0.1) is 11.7 Å². The van der Waals surface area contributed by atoms with Gasteiger partial charge in [0.2, 0.25) is 0 Å². The predicted molar refractivity (Wildman–Crippen MR) is 67.6 cm³/mol. The molecular formula is C14H27NO. The molecule has 1 atom stereocenters. The van der Waals surface area contributed by atoms with E-state index < -0.39 is 0 Å². The van der Waals surface area contributed by atoms with Gasteiger partial charge in [0, 0.05) is 6.54 Å². The van der Waals surface area contributed by atoms with E-state index in [0.29, 0.717) is 17.1 Å². The maximum absolute atomic E-state index is 6.36. The zero-order valence-corrected chi connectivity index (χ0v) is 11.1. The van der Waals surface area contributed by atoms with E-state index in [0.717, 1.165) is 6.54 Å². The molecule has 2 aliphatic rings. The molecule has 1 heterocycles. The summed E-state index contributed by atoms with van der Waals surface area (Å²) >= 11 is 0. The second kappa shape index (κ2) is 4.66. The molecule has 1 unspecified atom stereocenters. The van der Waals surface area contributed by atoms with Crippen LogP contribution in [0.2, 0.25) is 0 Å². The van der Waals surface area contributed by atoms with Crippen molar-refractivity contribution >= 4 is 0 Å². The van der Waals surface area contributed by atoms with Crippen molar-refractivity contribution in [3.05, 3.63) is 0 Å². The summed E-state index contributed by atoms with van der Waals surface area (Å²) in [4.78, 5) is 0. The predicted octanol–water partition coefficient (Wildman–Crippen LogP) is 3.11. The minimum atomic E-state index is 0.306. The van der Waals surface area contributed by atoms with E-state index in [1.54, 1.807) is 0 Å². The Morgan fingerprint density at radius 3 is 2.56 bits per heavy atom. The smallest absolute Gasteiger partial charge is 0.0687 e. The van der Waals surface area contributed by atoms with Gasteiger partial charge in [-0.15, -0.1) is 0 Å². The monoisotopic (exact) mass is 225 g/mol. The van der Waals surface area contributed by atoms with Crippen molar-refractivity contribution in [2.75, 3.05) is 13.6 Å². The molecule has 2 heteroatoms. The van der Waals surface area contributed by atoms with Crippen molar-refractivity contribution < 1.29 is 4.74 Å². The highest BCUT2D eigenvalue weighted by molar-refractivity contribution is 4.94. The van der Waals surface area contributed by atoms with Crippen molar-refractivity contribution in [2.24, 2.45) is 5.41 Å². The molecule has 0 bridgehead atoms. The van der Waals surface area contributed by atoms with Crippen LogP contribution in [0.25, 0.3) is 0 Å². The van der Waals surface area contributed by atoms with E-state index in [9.17, 15) is 0 Å². The third-order valence-electron chi connectivity index (χ3n) is 4.29. The topological polar surface area (TPSA) is 21.3 Å². The summed E-state index contributed by atoms with van der Waals surface area (Å²) in [7, 11) is 2.04. The molecular weight excluding hydrogens is 198 g/mol. The summed E-state index contributed by atoms with van der Waals surface area (Å²) in [5, 5.41) is 3.29. The quantitative estimate of drug-likeness (QED) is 0.794. The third kappa shape index (κ3) is 2.78. The Balaban J connectivity index is 1.84. The Hall–Kier alpha value is -0.0800. The Bertz CT molecular complexity index is 231. The van der Waals surface area contributed by atoms with E-state index in [1.165, 1.54) is 44.9 Å². The van der Waals surface area contributed by atoms with E-state index in [4.69, 9.17) is 4.74 Å². The number of hydrogen-bond donors (Lipinski definition) is 1. The van der Waals surface area contributed by atoms with Gasteiger partial charge in [-0.05, 0) is 44.6 Å². The van der Waals surface area contributed by atoms with Crippen molar-refractivity contribution in [3.8, 4) is 0 Å². The summed E-state index contributed by atoms with van der Waals surface area (Å²) in [6.45, 7) is 5.76. The highest BCUT2D eigenvalue weighted by Gasteiger charge is 2.43. The minimum Gasteiger partial charge on any atom is -0.372 e. The minimum absolute atomic E-state index is 0.306. The van der Waals surface area contributed by atoms with Gasteiger partial charge in [-0.1, -0.05) is 26.7 Å². The van der Waals surface area contributed by atoms with Crippen LogP contribution >= 0.6 is 0 Å². The van der Waals surface area contributed by atoms with Gasteiger partial charge >= 0.3 is 0 Å². The van der Waals surface area contributed by atoms with Gasteiger partial charge in [-0.2, -0.15) is 0 Å². The molecule has 0 aromatic rings. The van der Waals surface area contributed by atoms with Crippen LogP contribution in [0, 0.1) is 5.41 Å². The Morgan fingerprint density at radius 2 is 1.94 bits per heavy atom. The fourth-order valence-corrected chi connectivity index (χ4v) is 3.59. The molecule has 2 rings (SSSR count). The summed E-state index contributed by atoms with van der Waals surface area (Å²) in [6, 6.07) is 0. The van der Waals surface area contributed by atoms with Crippen LogP contribution < -0.4 is 5.32 Å². The van der Waals surface area contributed by atoms with Gasteiger partial charge < -0.3 is 10.1 Å². The van der Waals surface area contributed by atoms with Gasteiger partial charge in [-0.25, -0.2) is 0 Å². The van der Waals surface area contributed by atoms with E-state index >= 15 is 0 Å². The maximum Gasteiger partial charge on any atom is 0.0687 e. The zero-order chi connectivity index (χ0) is 11.6. The largest absolute Gasteiger partial charge is 0.372 e. The van der Waals surface area contributed by atoms with Crippen molar-refractivity contribution in [2.45, 2.75) is 70.5 Å². The highest BCUT2D eigenvalue weighted by atomic mass is 16.5. The number of rotatable bonds is 4. The van der Waals surface area contributed by atoms with Crippen molar-refractivity contribution in [1.82, 2.24) is 5.32 Å². The summed E-state index contributed by atoms with van der Waals surface area (Å²) in [5.74, 6) is 0. The SMILES string of the molecule is CNCC(C)(C)CC1CCC2(CCCC2)O1. The fourth-order valence-electron chi connectivity index (χ4n) is 3.59. The molecule has 94 valence electrons. The maximum atomic E-state index is 6.36. The molecule has 0 aromatic carbocycles. The standard InChI is InChI=1S/C14H27NO/c1-13(2,11-15-3)10-12-6-9-14(16-12)7-4-5-8-14/h12,15H,4-11H2,1-3H3. The van der Waals surface area contributed by atoms with Crippen LogP contribution in [-0.4, -0.2) is 25.3 Å². The Morgan fingerprint density at radius 1 is 1.25 bits per heavy atom. The van der Waals surface area contributed by atoms with E-state index in [1.807, 2.05) is 7.05 Å². The van der Waals surface area contributed by atoms with Crippen molar-refractivity contribution in [1.29, 1.82) is 0 Å². The lowest BCUT2D eigenvalue weighted by atomic mass is 9.85. The van der Waals surface area contributed by atoms with Gasteiger partial charge in [0.15, 0.2) is 0 Å². The van der Waals surface area contributed by atoms with Gasteiger partial charge in [0.25, 0.3) is 0 Å². The van der Waals surface area contributed by atoms with Gasteiger partial charge in [-0.3, -0.25) is 0 Å². The number of hydrogen-bond acceptors (Lipinski definition) is 2. The molecule has 0 radical (unpaired) electrons. The molecule has 0 aromatic heterocycles. The van der Waals surface area contributed by atoms with E-state index in [-0.39, 0.29) is 0 Å². The molecule has 1 spiro atoms. The lowest BCUT2D eigenvalue weighted by Gasteiger charge is -2.29. The molecule has 16 heavy (non-hydrogen) atoms. The first-order valence-corrected chi connectivity index (χ1v) is 6.88. The second-order valence-electron chi connectivity index (χ2n) is 6.57. The molecule has 1 aliphatic carbocycles. The zero-order valence-electron chi connectivity index (χ0n) is 11.1. The average molecular weight is 225 g/mol. The van der Waals surface area contributed by atoms with Gasteiger partial charge in [0.1, 0.15) is 0 Å². The molecule has 1 N–H and O–H groups in total. The fraction of sp³-hybridized carbons (Fsp3) is 1.00. The summed E-state index contributed by atoms with van der Waals surface area (Å²) in [5.41, 5.74) is 0.671. The lowest BCUT2D eigenvalue weighted by Crippen LogP contribution is -2.32. The lowest BCUT2D eigenvalue weighted by molar-refractivity contribution is -0.0501. The van der Waals surface area contributed by atoms with Crippen LogP contribution in [0.5, 0.6) is 0 Å². The van der Waals surface area contributed by atoms with Crippen LogP contribution in [0.15, 0.2) is 0 Å². The molecule has 1 aliphatic heterocycles. The first-order chi connectivity index (χ1) is 7.55. The molecule has 0 amide bonds. The average Bonchev–Trinajstić information content (AvgIpc) is 2.77. The molecule has 2 nitrogen and oxygen atoms in total. The number of nitrogens with one attached hydrogen (secondary N) is 1. The second-order valence-corrected chi connectivity index (χ2v) is 6.57. The number of ether oxygens (including phenoxy) is 1. The summed E-state index contributed by atoms with van der Waals surface area (Å²) < 4.78 is 6.36. The van der Waals surface area contributed by atoms with E-state index in [2.05, 4.69) is 19.2 Å². The first kappa shape index (κ1) is 12.4. The van der Waals surface area contributed by atoms with Crippen LogP contribution in [0.4, 0.5) is 0 Å². The Kier molecular flexibility index (Phi) is 3.60. The Labute approximate surface area is 100 Å². The first-order valence-electron chi connectivity index (χ1n) is 6.88. The van der Waals surface area contributed by atoms with Crippen molar-refractivity contribution in [3.63, 3.8) is 0 Å². The van der Waals surface area contributed by atoms with Crippen LogP contribution in [0.3, 0.4) is 0 Å².